The number of likely N-dealkylation sites (tertiary alicyclic amines) is 2. The molecule has 2 aromatic carbocycles. The molecule has 2 aliphatic rings. The number of rotatable bonds is 11. The molecule has 41 heavy (non-hydrogen) atoms. The molecule has 4 rings (SSSR count). The molecular formula is C33H44FN3O4. The number of halogens is 1. The molecule has 2 fully saturated rings. The fourth-order valence-corrected chi connectivity index (χ4v) is 5.92. The number of hydrogen-bond acceptors (Lipinski definition) is 5. The van der Waals surface area contributed by atoms with Crippen molar-refractivity contribution in [3.63, 3.8) is 0 Å². The summed E-state index contributed by atoms with van der Waals surface area (Å²) in [6, 6.07) is 12.2. The van der Waals surface area contributed by atoms with Crippen molar-refractivity contribution < 1.29 is 23.8 Å². The average molecular weight is 566 g/mol. The van der Waals surface area contributed by atoms with Gasteiger partial charge in [-0.25, -0.2) is 4.39 Å². The van der Waals surface area contributed by atoms with Crippen molar-refractivity contribution in [3.05, 3.63) is 60.2 Å². The van der Waals surface area contributed by atoms with Gasteiger partial charge in [0.1, 0.15) is 17.5 Å². The first-order valence-corrected chi connectivity index (χ1v) is 14.8. The SMILES string of the molecule is C=C(C)c1cc(OCC2CCN(CC(F)(CC)CC)CC2)ccc1-c1ccc(C(=O)N2CCC(O)C2C(N)=O)cc1. The number of nitrogens with two attached hydrogens (primary N) is 1. The highest BCUT2D eigenvalue weighted by molar-refractivity contribution is 5.98. The molecule has 0 spiro atoms. The minimum absolute atomic E-state index is 0.284. The van der Waals surface area contributed by atoms with E-state index in [9.17, 15) is 19.1 Å². The van der Waals surface area contributed by atoms with Crippen molar-refractivity contribution in [3.8, 4) is 16.9 Å². The molecule has 0 radical (unpaired) electrons. The van der Waals surface area contributed by atoms with Crippen LogP contribution in [0.1, 0.15) is 68.8 Å². The van der Waals surface area contributed by atoms with Crippen LogP contribution in [-0.4, -0.2) is 77.3 Å². The minimum atomic E-state index is -1.09. The van der Waals surface area contributed by atoms with E-state index in [0.717, 1.165) is 53.9 Å². The smallest absolute Gasteiger partial charge is 0.254 e. The largest absolute Gasteiger partial charge is 0.493 e. The van der Waals surface area contributed by atoms with Crippen LogP contribution in [0.4, 0.5) is 4.39 Å². The van der Waals surface area contributed by atoms with Crippen molar-refractivity contribution in [2.24, 2.45) is 11.7 Å². The van der Waals surface area contributed by atoms with E-state index >= 15 is 0 Å². The first kappa shape index (κ1) is 30.7. The van der Waals surface area contributed by atoms with Crippen LogP contribution >= 0.6 is 0 Å². The predicted molar refractivity (Wildman–Crippen MR) is 160 cm³/mol. The van der Waals surface area contributed by atoms with E-state index in [4.69, 9.17) is 10.5 Å². The normalized spacial score (nSPS) is 20.3. The number of benzene rings is 2. The molecule has 2 unspecified atom stereocenters. The molecule has 2 atom stereocenters. The second kappa shape index (κ2) is 13.2. The number of nitrogens with zero attached hydrogens (tertiary/aromatic N) is 2. The summed E-state index contributed by atoms with van der Waals surface area (Å²) >= 11 is 0. The highest BCUT2D eigenvalue weighted by atomic mass is 19.1. The zero-order chi connectivity index (χ0) is 29.7. The Bertz CT molecular complexity index is 1240. The van der Waals surface area contributed by atoms with Gasteiger partial charge in [0.2, 0.25) is 5.91 Å². The molecule has 2 aliphatic heterocycles. The Morgan fingerprint density at radius 3 is 2.32 bits per heavy atom. The van der Waals surface area contributed by atoms with Crippen LogP contribution in [0.25, 0.3) is 16.7 Å². The van der Waals surface area contributed by atoms with Gasteiger partial charge in [-0.1, -0.05) is 44.2 Å². The van der Waals surface area contributed by atoms with Crippen molar-refractivity contribution in [2.45, 2.75) is 70.7 Å². The van der Waals surface area contributed by atoms with Gasteiger partial charge < -0.3 is 25.4 Å². The van der Waals surface area contributed by atoms with E-state index in [1.807, 2.05) is 51.1 Å². The molecular weight excluding hydrogens is 521 g/mol. The Morgan fingerprint density at radius 1 is 1.07 bits per heavy atom. The summed E-state index contributed by atoms with van der Waals surface area (Å²) < 4.78 is 21.0. The lowest BCUT2D eigenvalue weighted by molar-refractivity contribution is -0.123. The molecule has 2 heterocycles. The molecule has 0 bridgehead atoms. The maximum Gasteiger partial charge on any atom is 0.254 e. The Hall–Kier alpha value is -3.23. The molecule has 2 saturated heterocycles. The lowest BCUT2D eigenvalue weighted by Crippen LogP contribution is -2.48. The third-order valence-electron chi connectivity index (χ3n) is 8.78. The quantitative estimate of drug-likeness (QED) is 0.397. The summed E-state index contributed by atoms with van der Waals surface area (Å²) in [7, 11) is 0. The van der Waals surface area contributed by atoms with Crippen LogP contribution in [0.15, 0.2) is 49.0 Å². The number of alkyl halides is 1. The molecule has 0 aliphatic carbocycles. The summed E-state index contributed by atoms with van der Waals surface area (Å²) in [6.45, 7) is 13.2. The number of ether oxygens (including phenoxy) is 1. The van der Waals surface area contributed by atoms with Crippen LogP contribution in [0.2, 0.25) is 0 Å². The van der Waals surface area contributed by atoms with Crippen molar-refractivity contribution in [1.29, 1.82) is 0 Å². The number of hydrogen-bond donors (Lipinski definition) is 2. The number of primary amides is 1. The van der Waals surface area contributed by atoms with Crippen molar-refractivity contribution in [2.75, 3.05) is 32.8 Å². The topological polar surface area (TPSA) is 96.1 Å². The third kappa shape index (κ3) is 7.16. The van der Waals surface area contributed by atoms with Gasteiger partial charge in [-0.05, 0) is 99.0 Å². The van der Waals surface area contributed by atoms with Crippen LogP contribution in [0.5, 0.6) is 5.75 Å². The van der Waals surface area contributed by atoms with Gasteiger partial charge in [-0.3, -0.25) is 9.59 Å². The summed E-state index contributed by atoms with van der Waals surface area (Å²) in [4.78, 5) is 28.4. The van der Waals surface area contributed by atoms with E-state index in [1.54, 1.807) is 12.1 Å². The van der Waals surface area contributed by atoms with Gasteiger partial charge in [-0.2, -0.15) is 0 Å². The van der Waals surface area contributed by atoms with E-state index in [0.29, 0.717) is 43.9 Å². The van der Waals surface area contributed by atoms with Gasteiger partial charge >= 0.3 is 0 Å². The lowest BCUT2D eigenvalue weighted by atomic mass is 9.94. The minimum Gasteiger partial charge on any atom is -0.493 e. The third-order valence-corrected chi connectivity index (χ3v) is 8.78. The van der Waals surface area contributed by atoms with Crippen molar-refractivity contribution in [1.82, 2.24) is 9.80 Å². The molecule has 8 heteroatoms. The second-order valence-electron chi connectivity index (χ2n) is 11.7. The molecule has 222 valence electrons. The Kier molecular flexibility index (Phi) is 9.87. The number of allylic oxidation sites excluding steroid dienone is 1. The van der Waals surface area contributed by atoms with E-state index in [1.165, 1.54) is 4.90 Å². The Balaban J connectivity index is 1.38. The van der Waals surface area contributed by atoms with Crippen molar-refractivity contribution >= 4 is 17.4 Å². The maximum absolute atomic E-state index is 14.8. The molecule has 0 aromatic heterocycles. The van der Waals surface area contributed by atoms with Gasteiger partial charge in [-0.15, -0.1) is 0 Å². The average Bonchev–Trinajstić information content (AvgIpc) is 3.37. The first-order chi connectivity index (χ1) is 19.5. The number of amides is 2. The molecule has 7 nitrogen and oxygen atoms in total. The highest BCUT2D eigenvalue weighted by Crippen LogP contribution is 2.33. The standard InChI is InChI=1S/C33H44FN3O4/c1-5-33(34,6-2)21-36-16-13-23(14-17-36)20-41-26-11-12-27(28(19-26)22(3)4)24-7-9-25(10-8-24)32(40)37-18-15-29(38)30(37)31(35)39/h7-12,19,23,29-30,38H,3,5-6,13-18,20-21H2,1-2,4H3,(H2,35,39). The molecule has 3 N–H and O–H groups in total. The number of carbonyl (C=O) groups is 2. The summed E-state index contributed by atoms with van der Waals surface area (Å²) in [6.07, 6.45) is 2.48. The summed E-state index contributed by atoms with van der Waals surface area (Å²) in [5, 5.41) is 10.1. The second-order valence-corrected chi connectivity index (χ2v) is 11.7. The monoisotopic (exact) mass is 565 g/mol. The summed E-state index contributed by atoms with van der Waals surface area (Å²) in [5.74, 6) is 0.190. The number of aliphatic hydroxyl groups excluding tert-OH is 1. The van der Waals surface area contributed by atoms with Crippen LogP contribution in [0.3, 0.4) is 0 Å². The zero-order valence-electron chi connectivity index (χ0n) is 24.6. The van der Waals surface area contributed by atoms with Gasteiger partial charge in [0.15, 0.2) is 0 Å². The van der Waals surface area contributed by atoms with E-state index < -0.39 is 23.7 Å². The van der Waals surface area contributed by atoms with Crippen LogP contribution in [0, 0.1) is 5.92 Å². The molecule has 2 aromatic rings. The Morgan fingerprint density at radius 2 is 1.73 bits per heavy atom. The van der Waals surface area contributed by atoms with E-state index in [-0.39, 0.29) is 12.5 Å². The number of aliphatic hydroxyl groups is 1. The van der Waals surface area contributed by atoms with Crippen LogP contribution < -0.4 is 10.5 Å². The van der Waals surface area contributed by atoms with Crippen LogP contribution in [-0.2, 0) is 4.79 Å². The fourth-order valence-electron chi connectivity index (χ4n) is 5.92. The number of carbonyl (C=O) groups excluding carboxylic acids is 2. The zero-order valence-corrected chi connectivity index (χ0v) is 24.6. The fraction of sp³-hybridized carbons (Fsp3) is 0.515. The van der Waals surface area contributed by atoms with Gasteiger partial charge in [0, 0.05) is 18.7 Å². The summed E-state index contributed by atoms with van der Waals surface area (Å²) in [5.41, 5.74) is 8.53. The highest BCUT2D eigenvalue weighted by Gasteiger charge is 2.40. The molecule has 2 amide bonds. The molecule has 0 saturated carbocycles. The first-order valence-electron chi connectivity index (χ1n) is 14.8. The predicted octanol–water partition coefficient (Wildman–Crippen LogP) is 5.07. The van der Waals surface area contributed by atoms with Gasteiger partial charge in [0.05, 0.1) is 12.7 Å². The number of piperidine rings is 1. The van der Waals surface area contributed by atoms with E-state index in [2.05, 4.69) is 11.5 Å². The Labute approximate surface area is 243 Å². The maximum atomic E-state index is 14.8. The van der Waals surface area contributed by atoms with Gasteiger partial charge in [0.25, 0.3) is 5.91 Å². The lowest BCUT2D eigenvalue weighted by Gasteiger charge is -2.36.